The van der Waals surface area contributed by atoms with Gasteiger partial charge in [-0.1, -0.05) is 30.0 Å². The lowest BCUT2D eigenvalue weighted by Crippen LogP contribution is -2.38. The van der Waals surface area contributed by atoms with Crippen LogP contribution in [0.5, 0.6) is 5.75 Å². The highest BCUT2D eigenvalue weighted by molar-refractivity contribution is 8.16. The Labute approximate surface area is 193 Å². The van der Waals surface area contributed by atoms with Gasteiger partial charge in [-0.3, -0.25) is 4.79 Å². The first-order valence-electron chi connectivity index (χ1n) is 10.7. The summed E-state index contributed by atoms with van der Waals surface area (Å²) in [6.45, 7) is 5.85. The number of carbonyl (C=O) groups excluding carboxylic acids is 1. The zero-order valence-electron chi connectivity index (χ0n) is 18.2. The van der Waals surface area contributed by atoms with Crippen LogP contribution >= 0.6 is 11.8 Å². The van der Waals surface area contributed by atoms with E-state index in [0.29, 0.717) is 10.9 Å². The van der Waals surface area contributed by atoms with E-state index in [2.05, 4.69) is 23.7 Å². The van der Waals surface area contributed by atoms with Crippen molar-refractivity contribution in [3.05, 3.63) is 54.6 Å². The molecule has 0 spiro atoms. The van der Waals surface area contributed by atoms with Crippen molar-refractivity contribution >= 4 is 44.0 Å². The van der Waals surface area contributed by atoms with E-state index in [1.165, 1.54) is 11.8 Å². The van der Waals surface area contributed by atoms with E-state index in [9.17, 15) is 13.2 Å². The van der Waals surface area contributed by atoms with Gasteiger partial charge in [0.2, 0.25) is 0 Å². The highest BCUT2D eigenvalue weighted by Crippen LogP contribution is 2.41. The Morgan fingerprint density at radius 2 is 1.78 bits per heavy atom. The van der Waals surface area contributed by atoms with Gasteiger partial charge in [0.15, 0.2) is 21.6 Å². The number of hydrogen-bond acceptors (Lipinski definition) is 6. The summed E-state index contributed by atoms with van der Waals surface area (Å²) < 4.78 is 30.0. The van der Waals surface area contributed by atoms with Gasteiger partial charge in [0.1, 0.15) is 5.75 Å². The molecular formula is C23H27N3O4S2. The summed E-state index contributed by atoms with van der Waals surface area (Å²) in [4.78, 5) is 21.0. The monoisotopic (exact) mass is 473 g/mol. The summed E-state index contributed by atoms with van der Waals surface area (Å²) in [7, 11) is -3.11. The first-order chi connectivity index (χ1) is 15.4. The fraction of sp³-hybridized carbons (Fsp3) is 0.391. The van der Waals surface area contributed by atoms with E-state index in [1.54, 1.807) is 12.1 Å². The van der Waals surface area contributed by atoms with Gasteiger partial charge in [0.25, 0.3) is 5.91 Å². The number of sulfone groups is 1. The third-order valence-electron chi connectivity index (χ3n) is 5.65. The third-order valence-corrected chi connectivity index (χ3v) is 8.86. The number of rotatable bonds is 7. The van der Waals surface area contributed by atoms with Crippen molar-refractivity contribution in [1.82, 2.24) is 0 Å². The SMILES string of the molecule is CCN(CC)c1ccc(N2C(=NC(=O)COc3ccccc3)S[C@H]3CS(=O)(=O)C[C@H]32)cc1. The molecule has 2 aromatic rings. The second-order valence-electron chi connectivity index (χ2n) is 7.75. The van der Waals surface area contributed by atoms with Crippen LogP contribution in [-0.2, 0) is 14.6 Å². The molecule has 0 unspecified atom stereocenters. The molecule has 0 aliphatic carbocycles. The smallest absolute Gasteiger partial charge is 0.285 e. The first kappa shape index (κ1) is 22.7. The Bertz CT molecular complexity index is 1080. The zero-order valence-corrected chi connectivity index (χ0v) is 19.8. The average Bonchev–Trinajstić information content (AvgIpc) is 3.25. The van der Waals surface area contributed by atoms with Crippen LogP contribution in [-0.4, -0.2) is 62.0 Å². The van der Waals surface area contributed by atoms with E-state index in [1.807, 2.05) is 47.4 Å². The molecule has 1 amide bonds. The Morgan fingerprint density at radius 1 is 1.09 bits per heavy atom. The van der Waals surface area contributed by atoms with Crippen LogP contribution in [0.25, 0.3) is 0 Å². The molecule has 2 aliphatic rings. The van der Waals surface area contributed by atoms with Crippen LogP contribution in [0.1, 0.15) is 13.8 Å². The van der Waals surface area contributed by atoms with Gasteiger partial charge in [0.05, 0.1) is 17.5 Å². The molecule has 170 valence electrons. The molecule has 0 bridgehead atoms. The van der Waals surface area contributed by atoms with Gasteiger partial charge >= 0.3 is 0 Å². The number of para-hydroxylation sites is 1. The average molecular weight is 474 g/mol. The van der Waals surface area contributed by atoms with Crippen molar-refractivity contribution in [2.24, 2.45) is 4.99 Å². The lowest BCUT2D eigenvalue weighted by atomic mass is 10.2. The van der Waals surface area contributed by atoms with Crippen LogP contribution in [0, 0.1) is 0 Å². The molecule has 2 saturated heterocycles. The summed E-state index contributed by atoms with van der Waals surface area (Å²) in [5, 5.41) is 0.399. The van der Waals surface area contributed by atoms with E-state index in [-0.39, 0.29) is 29.4 Å². The molecule has 2 atom stereocenters. The summed E-state index contributed by atoms with van der Waals surface area (Å²) in [5.74, 6) is 0.371. The number of fused-ring (bicyclic) bond motifs is 1. The lowest BCUT2D eigenvalue weighted by Gasteiger charge is -2.26. The maximum Gasteiger partial charge on any atom is 0.285 e. The van der Waals surface area contributed by atoms with Crippen molar-refractivity contribution in [3.8, 4) is 5.75 Å². The molecule has 2 fully saturated rings. The standard InChI is InChI=1S/C23H27N3O4S2/c1-3-25(4-2)17-10-12-18(13-11-17)26-20-15-32(28,29)16-21(20)31-23(26)24-22(27)14-30-19-8-6-5-7-9-19/h5-13,20-21H,3-4,14-16H2,1-2H3/t20-,21+/m1/s1. The highest BCUT2D eigenvalue weighted by atomic mass is 32.2. The Kier molecular flexibility index (Phi) is 6.76. The predicted octanol–water partition coefficient (Wildman–Crippen LogP) is 3.21. The lowest BCUT2D eigenvalue weighted by molar-refractivity contribution is -0.119. The molecule has 7 nitrogen and oxygen atoms in total. The summed E-state index contributed by atoms with van der Waals surface area (Å²) >= 11 is 1.37. The number of benzene rings is 2. The maximum atomic E-state index is 12.5. The number of carbonyl (C=O) groups is 1. The van der Waals surface area contributed by atoms with Gasteiger partial charge in [-0.15, -0.1) is 0 Å². The fourth-order valence-electron chi connectivity index (χ4n) is 4.08. The highest BCUT2D eigenvalue weighted by Gasteiger charge is 2.49. The molecule has 9 heteroatoms. The number of thioether (sulfide) groups is 1. The van der Waals surface area contributed by atoms with Crippen molar-refractivity contribution in [1.29, 1.82) is 0 Å². The third kappa shape index (κ3) is 4.94. The fourth-order valence-corrected chi connectivity index (χ4v) is 8.01. The number of amides is 1. The van der Waals surface area contributed by atoms with Crippen molar-refractivity contribution in [2.75, 3.05) is 41.0 Å². The maximum absolute atomic E-state index is 12.5. The number of nitrogens with zero attached hydrogens (tertiary/aromatic N) is 3. The minimum absolute atomic E-state index is 0.0657. The molecule has 0 radical (unpaired) electrons. The molecule has 0 saturated carbocycles. The van der Waals surface area contributed by atoms with E-state index in [4.69, 9.17) is 4.74 Å². The van der Waals surface area contributed by atoms with Gasteiger partial charge in [-0.2, -0.15) is 4.99 Å². The molecule has 0 aromatic heterocycles. The molecule has 4 rings (SSSR count). The van der Waals surface area contributed by atoms with E-state index < -0.39 is 15.7 Å². The van der Waals surface area contributed by atoms with Gasteiger partial charge < -0.3 is 14.5 Å². The van der Waals surface area contributed by atoms with Crippen molar-refractivity contribution in [3.63, 3.8) is 0 Å². The Morgan fingerprint density at radius 3 is 2.44 bits per heavy atom. The topological polar surface area (TPSA) is 79.3 Å². The van der Waals surface area contributed by atoms with Crippen molar-refractivity contribution < 1.29 is 17.9 Å². The van der Waals surface area contributed by atoms with Gasteiger partial charge in [0, 0.05) is 29.7 Å². The molecule has 32 heavy (non-hydrogen) atoms. The van der Waals surface area contributed by atoms with Crippen LogP contribution in [0.15, 0.2) is 59.6 Å². The number of ether oxygens (including phenoxy) is 1. The summed E-state index contributed by atoms with van der Waals surface area (Å²) in [6.07, 6.45) is 0. The summed E-state index contributed by atoms with van der Waals surface area (Å²) in [6, 6.07) is 16.9. The molecule has 2 aromatic carbocycles. The number of aliphatic imine (C=N–C) groups is 1. The van der Waals surface area contributed by atoms with Crippen LogP contribution in [0.4, 0.5) is 11.4 Å². The number of amidine groups is 1. The van der Waals surface area contributed by atoms with Gasteiger partial charge in [-0.05, 0) is 50.2 Å². The molecule has 0 N–H and O–H groups in total. The number of anilines is 2. The zero-order chi connectivity index (χ0) is 22.7. The van der Waals surface area contributed by atoms with Gasteiger partial charge in [-0.25, -0.2) is 8.42 Å². The largest absolute Gasteiger partial charge is 0.484 e. The van der Waals surface area contributed by atoms with E-state index >= 15 is 0 Å². The number of hydrogen-bond donors (Lipinski definition) is 0. The van der Waals surface area contributed by atoms with Crippen LogP contribution in [0.3, 0.4) is 0 Å². The van der Waals surface area contributed by atoms with Crippen LogP contribution < -0.4 is 14.5 Å². The first-order valence-corrected chi connectivity index (χ1v) is 13.4. The van der Waals surface area contributed by atoms with E-state index in [0.717, 1.165) is 24.5 Å². The Balaban J connectivity index is 1.57. The molecule has 2 heterocycles. The minimum Gasteiger partial charge on any atom is -0.484 e. The van der Waals surface area contributed by atoms with Crippen molar-refractivity contribution in [2.45, 2.75) is 25.1 Å². The normalized spacial score (nSPS) is 22.7. The minimum atomic E-state index is -3.11. The second-order valence-corrected chi connectivity index (χ2v) is 11.1. The van der Waals surface area contributed by atoms with Crippen LogP contribution in [0.2, 0.25) is 0 Å². The Hall–Kier alpha value is -2.52. The summed E-state index contributed by atoms with van der Waals surface area (Å²) in [5.41, 5.74) is 1.94. The quantitative estimate of drug-likeness (QED) is 0.611. The predicted molar refractivity (Wildman–Crippen MR) is 131 cm³/mol. The molecular weight excluding hydrogens is 446 g/mol. The molecule has 2 aliphatic heterocycles. The second kappa shape index (κ2) is 9.54.